The van der Waals surface area contributed by atoms with Gasteiger partial charge >= 0.3 is 0 Å². The van der Waals surface area contributed by atoms with Crippen molar-refractivity contribution in [2.75, 3.05) is 14.2 Å². The number of methoxy groups -OCH3 is 2. The first-order valence-corrected chi connectivity index (χ1v) is 7.03. The van der Waals surface area contributed by atoms with Crippen molar-refractivity contribution in [3.8, 4) is 11.5 Å². The maximum atomic E-state index is 13.2. The molecule has 0 N–H and O–H groups in total. The van der Waals surface area contributed by atoms with Gasteiger partial charge in [-0.15, -0.1) is 0 Å². The van der Waals surface area contributed by atoms with Crippen LogP contribution in [0.25, 0.3) is 0 Å². The third-order valence-electron chi connectivity index (χ3n) is 3.06. The minimum absolute atomic E-state index is 0.105. The molecule has 0 spiro atoms. The maximum absolute atomic E-state index is 13.2. The van der Waals surface area contributed by atoms with Gasteiger partial charge in [0, 0.05) is 16.5 Å². The second kappa shape index (κ2) is 6.72. The molecule has 2 rings (SSSR count). The highest BCUT2D eigenvalue weighted by molar-refractivity contribution is 9.10. The van der Waals surface area contributed by atoms with E-state index in [1.54, 1.807) is 24.3 Å². The summed E-state index contributed by atoms with van der Waals surface area (Å²) >= 11 is 3.32. The Bertz CT molecular complexity index is 671. The lowest BCUT2D eigenvalue weighted by Crippen LogP contribution is -2.05. The van der Waals surface area contributed by atoms with Gasteiger partial charge in [-0.3, -0.25) is 4.79 Å². The molecule has 0 radical (unpaired) electrons. The molecule has 0 aromatic heterocycles. The quantitative estimate of drug-likeness (QED) is 0.762. The van der Waals surface area contributed by atoms with Crippen LogP contribution in [0.2, 0.25) is 0 Å². The average molecular weight is 353 g/mol. The lowest BCUT2D eigenvalue weighted by atomic mass is 10.0. The van der Waals surface area contributed by atoms with Crippen LogP contribution in [0.5, 0.6) is 11.5 Å². The van der Waals surface area contributed by atoms with Gasteiger partial charge in [-0.2, -0.15) is 0 Å². The van der Waals surface area contributed by atoms with Crippen molar-refractivity contribution in [1.29, 1.82) is 0 Å². The molecule has 0 saturated heterocycles. The van der Waals surface area contributed by atoms with E-state index in [-0.39, 0.29) is 18.0 Å². The SMILES string of the molecule is COc1ccc(C(=O)Cc2cc(F)ccc2Br)cc1OC. The summed E-state index contributed by atoms with van der Waals surface area (Å²) in [6, 6.07) is 9.24. The lowest BCUT2D eigenvalue weighted by Gasteiger charge is -2.09. The molecule has 2 aromatic carbocycles. The van der Waals surface area contributed by atoms with Crippen molar-refractivity contribution in [2.45, 2.75) is 6.42 Å². The number of hydrogen-bond acceptors (Lipinski definition) is 3. The fourth-order valence-corrected chi connectivity index (χ4v) is 2.35. The first-order valence-electron chi connectivity index (χ1n) is 6.24. The van der Waals surface area contributed by atoms with Crippen molar-refractivity contribution in [1.82, 2.24) is 0 Å². The van der Waals surface area contributed by atoms with E-state index in [4.69, 9.17) is 9.47 Å². The third kappa shape index (κ3) is 3.61. The Hall–Kier alpha value is -1.88. The Morgan fingerprint density at radius 1 is 1.10 bits per heavy atom. The molecule has 0 fully saturated rings. The van der Waals surface area contributed by atoms with E-state index in [0.717, 1.165) is 0 Å². The normalized spacial score (nSPS) is 10.3. The Balaban J connectivity index is 2.26. The predicted octanol–water partition coefficient (Wildman–Crippen LogP) is 4.03. The number of carbonyl (C=O) groups excluding carboxylic acids is 1. The second-order valence-corrected chi connectivity index (χ2v) is 5.26. The summed E-state index contributed by atoms with van der Waals surface area (Å²) in [4.78, 5) is 12.3. The standard InChI is InChI=1S/C16H14BrFO3/c1-20-15-6-3-10(9-16(15)21-2)14(19)8-11-7-12(18)4-5-13(11)17/h3-7,9H,8H2,1-2H3. The molecule has 0 atom stereocenters. The number of hydrogen-bond donors (Lipinski definition) is 0. The number of rotatable bonds is 5. The number of ether oxygens (including phenoxy) is 2. The van der Waals surface area contributed by atoms with E-state index in [2.05, 4.69) is 15.9 Å². The van der Waals surface area contributed by atoms with Crippen LogP contribution < -0.4 is 9.47 Å². The van der Waals surface area contributed by atoms with Gasteiger partial charge < -0.3 is 9.47 Å². The molecule has 0 amide bonds. The second-order valence-electron chi connectivity index (χ2n) is 4.41. The maximum Gasteiger partial charge on any atom is 0.167 e. The van der Waals surface area contributed by atoms with Crippen LogP contribution in [0.4, 0.5) is 4.39 Å². The number of ketones is 1. The number of benzene rings is 2. The first kappa shape index (κ1) is 15.5. The van der Waals surface area contributed by atoms with Crippen LogP contribution in [0.3, 0.4) is 0 Å². The summed E-state index contributed by atoms with van der Waals surface area (Å²) in [5.74, 6) is 0.554. The molecule has 5 heteroatoms. The Morgan fingerprint density at radius 2 is 1.81 bits per heavy atom. The van der Waals surface area contributed by atoms with Gasteiger partial charge in [-0.05, 0) is 42.0 Å². The highest BCUT2D eigenvalue weighted by Crippen LogP contribution is 2.28. The van der Waals surface area contributed by atoms with Crippen LogP contribution in [0.1, 0.15) is 15.9 Å². The number of carbonyl (C=O) groups is 1. The highest BCUT2D eigenvalue weighted by Gasteiger charge is 2.13. The van der Waals surface area contributed by atoms with Crippen molar-refractivity contribution in [3.63, 3.8) is 0 Å². The number of Topliss-reactive ketones (excluding diaryl/α,β-unsaturated/α-hetero) is 1. The summed E-state index contributed by atoms with van der Waals surface area (Å²) in [5, 5.41) is 0. The third-order valence-corrected chi connectivity index (χ3v) is 3.84. The highest BCUT2D eigenvalue weighted by atomic mass is 79.9. The zero-order valence-electron chi connectivity index (χ0n) is 11.7. The molecule has 0 heterocycles. The summed E-state index contributed by atoms with van der Waals surface area (Å²) in [7, 11) is 3.04. The van der Waals surface area contributed by atoms with Crippen molar-refractivity contribution >= 4 is 21.7 Å². The van der Waals surface area contributed by atoms with Crippen molar-refractivity contribution < 1.29 is 18.7 Å². The van der Waals surface area contributed by atoms with Crippen molar-refractivity contribution in [2.24, 2.45) is 0 Å². The van der Waals surface area contributed by atoms with Gasteiger partial charge in [-0.25, -0.2) is 4.39 Å². The topological polar surface area (TPSA) is 35.5 Å². The van der Waals surface area contributed by atoms with Crippen LogP contribution in [-0.4, -0.2) is 20.0 Å². The molecule has 0 aliphatic carbocycles. The Morgan fingerprint density at radius 3 is 2.48 bits per heavy atom. The Kier molecular flexibility index (Phi) is 4.96. The van der Waals surface area contributed by atoms with E-state index < -0.39 is 0 Å². The Labute approximate surface area is 130 Å². The predicted molar refractivity (Wildman–Crippen MR) is 81.7 cm³/mol. The molecule has 0 unspecified atom stereocenters. The van der Waals surface area contributed by atoms with Gasteiger partial charge in [0.2, 0.25) is 0 Å². The molecule has 0 aliphatic heterocycles. The van der Waals surface area contributed by atoms with Gasteiger partial charge in [0.15, 0.2) is 17.3 Å². The summed E-state index contributed by atoms with van der Waals surface area (Å²) < 4.78 is 24.3. The number of halogens is 2. The molecule has 0 bridgehead atoms. The molecular weight excluding hydrogens is 339 g/mol. The van der Waals surface area contributed by atoms with Gasteiger partial charge in [0.05, 0.1) is 14.2 Å². The van der Waals surface area contributed by atoms with Crippen LogP contribution in [0.15, 0.2) is 40.9 Å². The summed E-state index contributed by atoms with van der Waals surface area (Å²) in [6.45, 7) is 0. The molecule has 3 nitrogen and oxygen atoms in total. The minimum Gasteiger partial charge on any atom is -0.493 e. The largest absolute Gasteiger partial charge is 0.493 e. The van der Waals surface area contributed by atoms with Crippen LogP contribution >= 0.6 is 15.9 Å². The molecule has 2 aromatic rings. The van der Waals surface area contributed by atoms with Gasteiger partial charge in [0.1, 0.15) is 5.82 Å². The minimum atomic E-state index is -0.367. The van der Waals surface area contributed by atoms with Crippen LogP contribution in [-0.2, 0) is 6.42 Å². The molecule has 21 heavy (non-hydrogen) atoms. The van der Waals surface area contributed by atoms with E-state index in [1.165, 1.54) is 26.4 Å². The van der Waals surface area contributed by atoms with Crippen LogP contribution in [0, 0.1) is 5.82 Å². The van der Waals surface area contributed by atoms with E-state index in [1.807, 2.05) is 0 Å². The fraction of sp³-hybridized carbons (Fsp3) is 0.188. The van der Waals surface area contributed by atoms with Crippen molar-refractivity contribution in [3.05, 3.63) is 57.8 Å². The molecular formula is C16H14BrFO3. The first-order chi connectivity index (χ1) is 10.0. The summed E-state index contributed by atoms with van der Waals surface area (Å²) in [6.07, 6.45) is 0.105. The molecule has 0 saturated carbocycles. The van der Waals surface area contributed by atoms with E-state index >= 15 is 0 Å². The van der Waals surface area contributed by atoms with Gasteiger partial charge in [-0.1, -0.05) is 15.9 Å². The molecule has 0 aliphatic rings. The van der Waals surface area contributed by atoms with E-state index in [9.17, 15) is 9.18 Å². The average Bonchev–Trinajstić information content (AvgIpc) is 2.50. The smallest absolute Gasteiger partial charge is 0.167 e. The molecule has 110 valence electrons. The monoisotopic (exact) mass is 352 g/mol. The zero-order chi connectivity index (χ0) is 15.4. The zero-order valence-corrected chi connectivity index (χ0v) is 13.2. The fourth-order valence-electron chi connectivity index (χ4n) is 1.96. The van der Waals surface area contributed by atoms with Gasteiger partial charge in [0.25, 0.3) is 0 Å². The lowest BCUT2D eigenvalue weighted by molar-refractivity contribution is 0.0992. The summed E-state index contributed by atoms with van der Waals surface area (Å²) in [5.41, 5.74) is 1.10. The van der Waals surface area contributed by atoms with E-state index in [0.29, 0.717) is 27.1 Å².